The van der Waals surface area contributed by atoms with E-state index in [1.165, 1.54) is 10.7 Å². The SMILES string of the molecule is Cc1cc2ncc(C(=O)O)c(N)n2n1. The number of hydrogen-bond donors (Lipinski definition) is 2. The third kappa shape index (κ3) is 1.08. The van der Waals surface area contributed by atoms with E-state index in [0.717, 1.165) is 5.69 Å². The van der Waals surface area contributed by atoms with Crippen LogP contribution in [0.15, 0.2) is 12.3 Å². The summed E-state index contributed by atoms with van der Waals surface area (Å²) in [6.45, 7) is 1.79. The molecule has 0 aromatic carbocycles. The monoisotopic (exact) mass is 192 g/mol. The molecular weight excluding hydrogens is 184 g/mol. The second-order valence-electron chi connectivity index (χ2n) is 2.92. The molecule has 2 heterocycles. The first-order valence-electron chi connectivity index (χ1n) is 3.94. The number of nitrogens with zero attached hydrogens (tertiary/aromatic N) is 3. The van der Waals surface area contributed by atoms with E-state index in [2.05, 4.69) is 10.1 Å². The van der Waals surface area contributed by atoms with Gasteiger partial charge < -0.3 is 10.8 Å². The topological polar surface area (TPSA) is 93.5 Å². The fourth-order valence-electron chi connectivity index (χ4n) is 1.23. The molecule has 0 saturated carbocycles. The molecule has 3 N–H and O–H groups in total. The number of aryl methyl sites for hydroxylation is 1. The van der Waals surface area contributed by atoms with Crippen molar-refractivity contribution < 1.29 is 9.90 Å². The van der Waals surface area contributed by atoms with Crippen LogP contribution in [-0.2, 0) is 0 Å². The molecule has 0 bridgehead atoms. The van der Waals surface area contributed by atoms with Gasteiger partial charge in [0.05, 0.1) is 5.69 Å². The molecule has 0 atom stereocenters. The number of carboxylic acids is 1. The molecule has 0 fully saturated rings. The van der Waals surface area contributed by atoms with Gasteiger partial charge in [0.25, 0.3) is 0 Å². The van der Waals surface area contributed by atoms with Crippen LogP contribution in [0.25, 0.3) is 5.65 Å². The standard InChI is InChI=1S/C8H8N4O2/c1-4-2-6-10-3-5(8(13)14)7(9)12(6)11-4/h2-3H,9H2,1H3,(H,13,14). The summed E-state index contributed by atoms with van der Waals surface area (Å²) >= 11 is 0. The molecule has 0 aliphatic carbocycles. The van der Waals surface area contributed by atoms with Crippen LogP contribution >= 0.6 is 0 Å². The maximum Gasteiger partial charge on any atom is 0.341 e. The Kier molecular flexibility index (Phi) is 1.63. The molecule has 2 aromatic rings. The van der Waals surface area contributed by atoms with Gasteiger partial charge in [-0.15, -0.1) is 0 Å². The molecule has 0 aliphatic rings. The van der Waals surface area contributed by atoms with Gasteiger partial charge in [0.2, 0.25) is 0 Å². The van der Waals surface area contributed by atoms with Crippen LogP contribution in [0.4, 0.5) is 5.82 Å². The quantitative estimate of drug-likeness (QED) is 0.678. The molecule has 0 amide bonds. The molecule has 2 rings (SSSR count). The highest BCUT2D eigenvalue weighted by Gasteiger charge is 2.12. The number of carboxylic acid groups (broad SMARTS) is 1. The van der Waals surface area contributed by atoms with E-state index in [-0.39, 0.29) is 11.4 Å². The molecule has 0 spiro atoms. The second-order valence-corrected chi connectivity index (χ2v) is 2.92. The Hall–Kier alpha value is -2.11. The first-order chi connectivity index (χ1) is 6.59. The van der Waals surface area contributed by atoms with Crippen LogP contribution in [0.2, 0.25) is 0 Å². The Morgan fingerprint density at radius 1 is 1.64 bits per heavy atom. The lowest BCUT2D eigenvalue weighted by Crippen LogP contribution is -2.09. The number of nitrogens with two attached hydrogens (primary N) is 1. The zero-order valence-electron chi connectivity index (χ0n) is 7.43. The molecule has 0 aliphatic heterocycles. The van der Waals surface area contributed by atoms with Gasteiger partial charge in [-0.25, -0.2) is 9.78 Å². The van der Waals surface area contributed by atoms with E-state index in [1.807, 2.05) is 0 Å². The van der Waals surface area contributed by atoms with Crippen LogP contribution < -0.4 is 5.73 Å². The summed E-state index contributed by atoms with van der Waals surface area (Å²) in [4.78, 5) is 14.6. The van der Waals surface area contributed by atoms with E-state index in [9.17, 15) is 4.79 Å². The van der Waals surface area contributed by atoms with Gasteiger partial charge >= 0.3 is 5.97 Å². The molecule has 0 radical (unpaired) electrons. The van der Waals surface area contributed by atoms with Crippen molar-refractivity contribution >= 4 is 17.4 Å². The van der Waals surface area contributed by atoms with Gasteiger partial charge in [0, 0.05) is 12.3 Å². The van der Waals surface area contributed by atoms with Crippen molar-refractivity contribution in [3.05, 3.63) is 23.5 Å². The van der Waals surface area contributed by atoms with Crippen LogP contribution in [0, 0.1) is 6.92 Å². The van der Waals surface area contributed by atoms with Gasteiger partial charge in [-0.05, 0) is 6.92 Å². The molecule has 14 heavy (non-hydrogen) atoms. The maximum absolute atomic E-state index is 10.7. The lowest BCUT2D eigenvalue weighted by molar-refractivity contribution is 0.0697. The number of fused-ring (bicyclic) bond motifs is 1. The average Bonchev–Trinajstić information content (AvgIpc) is 2.46. The van der Waals surface area contributed by atoms with Gasteiger partial charge in [-0.1, -0.05) is 0 Å². The number of hydrogen-bond acceptors (Lipinski definition) is 4. The number of aromatic carboxylic acids is 1. The Bertz CT molecular complexity index is 517. The van der Waals surface area contributed by atoms with E-state index in [4.69, 9.17) is 10.8 Å². The summed E-state index contributed by atoms with van der Waals surface area (Å²) in [5, 5.41) is 12.8. The van der Waals surface area contributed by atoms with Crippen LogP contribution in [0.1, 0.15) is 16.1 Å². The van der Waals surface area contributed by atoms with Crippen molar-refractivity contribution in [1.29, 1.82) is 0 Å². The van der Waals surface area contributed by atoms with Crippen molar-refractivity contribution in [3.63, 3.8) is 0 Å². The summed E-state index contributed by atoms with van der Waals surface area (Å²) in [6.07, 6.45) is 1.23. The highest BCUT2D eigenvalue weighted by molar-refractivity contribution is 5.92. The predicted octanol–water partition coefficient (Wildman–Crippen LogP) is 0.318. The number of anilines is 1. The first kappa shape index (κ1) is 8.49. The van der Waals surface area contributed by atoms with E-state index >= 15 is 0 Å². The van der Waals surface area contributed by atoms with Crippen LogP contribution in [-0.4, -0.2) is 25.7 Å². The lowest BCUT2D eigenvalue weighted by atomic mass is 10.3. The van der Waals surface area contributed by atoms with Gasteiger partial charge in [0.1, 0.15) is 11.4 Å². The fourth-order valence-corrected chi connectivity index (χ4v) is 1.23. The number of rotatable bonds is 1. The third-order valence-electron chi connectivity index (χ3n) is 1.87. The minimum Gasteiger partial charge on any atom is -0.477 e. The average molecular weight is 192 g/mol. The smallest absolute Gasteiger partial charge is 0.341 e. The maximum atomic E-state index is 10.7. The van der Waals surface area contributed by atoms with E-state index < -0.39 is 5.97 Å². The summed E-state index contributed by atoms with van der Waals surface area (Å²) in [6, 6.07) is 1.72. The first-order valence-corrected chi connectivity index (χ1v) is 3.94. The third-order valence-corrected chi connectivity index (χ3v) is 1.87. The van der Waals surface area contributed by atoms with Crippen molar-refractivity contribution in [2.24, 2.45) is 0 Å². The molecule has 0 saturated heterocycles. The summed E-state index contributed by atoms with van der Waals surface area (Å²) < 4.78 is 1.32. The Morgan fingerprint density at radius 2 is 2.36 bits per heavy atom. The summed E-state index contributed by atoms with van der Waals surface area (Å²) in [5.41, 5.74) is 6.86. The molecule has 2 aromatic heterocycles. The Labute approximate surface area is 79.0 Å². The lowest BCUT2D eigenvalue weighted by Gasteiger charge is -2.01. The van der Waals surface area contributed by atoms with Crippen molar-refractivity contribution in [1.82, 2.24) is 14.6 Å². The van der Waals surface area contributed by atoms with E-state index in [0.29, 0.717) is 5.65 Å². The van der Waals surface area contributed by atoms with Crippen molar-refractivity contribution in [3.8, 4) is 0 Å². The molecule has 6 heteroatoms. The molecule has 6 nitrogen and oxygen atoms in total. The van der Waals surface area contributed by atoms with Crippen molar-refractivity contribution in [2.75, 3.05) is 5.73 Å². The molecule has 72 valence electrons. The highest BCUT2D eigenvalue weighted by atomic mass is 16.4. The highest BCUT2D eigenvalue weighted by Crippen LogP contribution is 2.13. The number of carbonyl (C=O) groups is 1. The van der Waals surface area contributed by atoms with E-state index in [1.54, 1.807) is 13.0 Å². The van der Waals surface area contributed by atoms with Gasteiger partial charge in [0.15, 0.2) is 5.65 Å². The van der Waals surface area contributed by atoms with Gasteiger partial charge in [-0.3, -0.25) is 0 Å². The van der Waals surface area contributed by atoms with Crippen LogP contribution in [0.3, 0.4) is 0 Å². The molecular formula is C8H8N4O2. The minimum absolute atomic E-state index is 0.0411. The summed E-state index contributed by atoms with van der Waals surface area (Å²) in [5.74, 6) is -1.01. The predicted molar refractivity (Wildman–Crippen MR) is 49.1 cm³/mol. The Morgan fingerprint density at radius 3 is 3.00 bits per heavy atom. The fraction of sp³-hybridized carbons (Fsp3) is 0.125. The second kappa shape index (κ2) is 2.69. The van der Waals surface area contributed by atoms with Crippen LogP contribution in [0.5, 0.6) is 0 Å². The molecule has 0 unspecified atom stereocenters. The number of nitrogen functional groups attached to an aromatic ring is 1. The normalized spacial score (nSPS) is 10.6. The summed E-state index contributed by atoms with van der Waals surface area (Å²) in [7, 11) is 0. The Balaban J connectivity index is 2.80. The number of aromatic nitrogens is 3. The minimum atomic E-state index is -1.11. The largest absolute Gasteiger partial charge is 0.477 e. The zero-order valence-corrected chi connectivity index (χ0v) is 7.43. The zero-order chi connectivity index (χ0) is 10.3. The van der Waals surface area contributed by atoms with Crippen molar-refractivity contribution in [2.45, 2.75) is 6.92 Å². The van der Waals surface area contributed by atoms with Gasteiger partial charge in [-0.2, -0.15) is 9.61 Å².